The van der Waals surface area contributed by atoms with E-state index < -0.39 is 23.6 Å². The Morgan fingerprint density at radius 2 is 1.68 bits per heavy atom. The van der Waals surface area contributed by atoms with E-state index in [9.17, 15) is 23.5 Å². The second kappa shape index (κ2) is 11.9. The van der Waals surface area contributed by atoms with E-state index in [1.807, 2.05) is 18.7 Å². The van der Waals surface area contributed by atoms with Crippen LogP contribution in [0.25, 0.3) is 0 Å². The van der Waals surface area contributed by atoms with E-state index >= 15 is 0 Å². The van der Waals surface area contributed by atoms with Gasteiger partial charge in [-0.1, -0.05) is 25.1 Å². The summed E-state index contributed by atoms with van der Waals surface area (Å²) in [6.45, 7) is 14.6. The first-order chi connectivity index (χ1) is 18.8. The molecule has 2 N–H and O–H groups in total. The van der Waals surface area contributed by atoms with Gasteiger partial charge in [0.1, 0.15) is 11.6 Å². The zero-order valence-electron chi connectivity index (χ0n) is 24.6. The molecule has 2 amide bonds. The van der Waals surface area contributed by atoms with Crippen molar-refractivity contribution in [3.05, 3.63) is 69.8 Å². The molecule has 2 heterocycles. The second-order valence-electron chi connectivity index (χ2n) is 12.5. The molecule has 2 aliphatic rings. The summed E-state index contributed by atoms with van der Waals surface area (Å²) >= 11 is 0. The minimum absolute atomic E-state index is 0.0261. The van der Waals surface area contributed by atoms with Gasteiger partial charge in [-0.15, -0.1) is 0 Å². The van der Waals surface area contributed by atoms with Crippen molar-refractivity contribution < 1.29 is 23.5 Å². The molecule has 0 bridgehead atoms. The summed E-state index contributed by atoms with van der Waals surface area (Å²) in [6.07, 6.45) is 1.16. The van der Waals surface area contributed by atoms with Gasteiger partial charge in [-0.2, -0.15) is 0 Å². The standard InChI is InChI=1S/C32H43F2N3O3/c1-7-29(35-31(39)40)25-15-20(3)19(2)14-24(25)21-10-12-36(13-11-21)30(38)27-18-37(32(4,5)6)17-26(27)23-9-8-22(33)16-28(23)34/h8-9,14-16,21,26-27,29,35H,7,10-13,17-18H2,1-6H3,(H,39,40)/t26-,27+,29-/m0/s1. The predicted molar refractivity (Wildman–Crippen MR) is 153 cm³/mol. The smallest absolute Gasteiger partial charge is 0.405 e. The van der Waals surface area contributed by atoms with E-state index in [0.29, 0.717) is 38.2 Å². The van der Waals surface area contributed by atoms with Gasteiger partial charge in [0.15, 0.2) is 0 Å². The number of nitrogens with zero attached hydrogens (tertiary/aromatic N) is 2. The third-order valence-corrected chi connectivity index (χ3v) is 8.97. The lowest BCUT2D eigenvalue weighted by atomic mass is 9.81. The largest absolute Gasteiger partial charge is 0.465 e. The van der Waals surface area contributed by atoms with Crippen LogP contribution >= 0.6 is 0 Å². The Hall–Kier alpha value is -3.00. The molecular weight excluding hydrogens is 512 g/mol. The van der Waals surface area contributed by atoms with Crippen molar-refractivity contribution in [3.8, 4) is 0 Å². The summed E-state index contributed by atoms with van der Waals surface area (Å²) in [5, 5.41) is 12.1. The first kappa shape index (κ1) is 30.0. The summed E-state index contributed by atoms with van der Waals surface area (Å²) in [4.78, 5) is 29.6. The number of piperidine rings is 1. The number of benzene rings is 2. The van der Waals surface area contributed by atoms with Crippen LogP contribution in [0.15, 0.2) is 30.3 Å². The van der Waals surface area contributed by atoms with Crippen LogP contribution in [0.2, 0.25) is 0 Å². The third kappa shape index (κ3) is 6.32. The third-order valence-electron chi connectivity index (χ3n) is 8.97. The highest BCUT2D eigenvalue weighted by Gasteiger charge is 2.44. The first-order valence-electron chi connectivity index (χ1n) is 14.4. The van der Waals surface area contributed by atoms with Crippen molar-refractivity contribution in [2.75, 3.05) is 26.2 Å². The van der Waals surface area contributed by atoms with Gasteiger partial charge < -0.3 is 15.3 Å². The van der Waals surface area contributed by atoms with Crippen molar-refractivity contribution in [2.45, 2.75) is 84.2 Å². The SMILES string of the molecule is CC[C@H](NC(=O)O)c1cc(C)c(C)cc1C1CCN(C(=O)[C@@H]2CN(C(C)(C)C)C[C@H]2c2ccc(F)cc2F)CC1. The number of amides is 2. The van der Waals surface area contributed by atoms with Crippen LogP contribution in [-0.2, 0) is 4.79 Å². The zero-order valence-corrected chi connectivity index (χ0v) is 24.6. The van der Waals surface area contributed by atoms with E-state index in [-0.39, 0.29) is 29.3 Å². The normalized spacial score (nSPS) is 21.4. The summed E-state index contributed by atoms with van der Waals surface area (Å²) in [6, 6.07) is 7.67. The Balaban J connectivity index is 1.55. The number of nitrogens with one attached hydrogen (secondary N) is 1. The van der Waals surface area contributed by atoms with Crippen LogP contribution in [-0.4, -0.2) is 58.6 Å². The van der Waals surface area contributed by atoms with Gasteiger partial charge in [-0.3, -0.25) is 9.69 Å². The molecule has 218 valence electrons. The Morgan fingerprint density at radius 3 is 2.25 bits per heavy atom. The van der Waals surface area contributed by atoms with Crippen LogP contribution in [0.1, 0.15) is 92.7 Å². The molecule has 2 fully saturated rings. The van der Waals surface area contributed by atoms with E-state index in [4.69, 9.17) is 0 Å². The molecule has 0 saturated carbocycles. The molecule has 2 saturated heterocycles. The predicted octanol–water partition coefficient (Wildman–Crippen LogP) is 6.52. The van der Waals surface area contributed by atoms with Gasteiger partial charge in [-0.05, 0) is 93.7 Å². The summed E-state index contributed by atoms with van der Waals surface area (Å²) < 4.78 is 28.6. The lowest BCUT2D eigenvalue weighted by Gasteiger charge is -2.36. The number of likely N-dealkylation sites (tertiary alicyclic amines) is 2. The maximum atomic E-state index is 14.9. The number of halogens is 2. The second-order valence-corrected chi connectivity index (χ2v) is 12.5. The monoisotopic (exact) mass is 555 g/mol. The van der Waals surface area contributed by atoms with Gasteiger partial charge in [-0.25, -0.2) is 13.6 Å². The number of rotatable bonds is 6. The molecule has 3 atom stereocenters. The average Bonchev–Trinajstić information content (AvgIpc) is 3.34. The molecular formula is C32H43F2N3O3. The molecule has 40 heavy (non-hydrogen) atoms. The fourth-order valence-electron chi connectivity index (χ4n) is 6.43. The maximum Gasteiger partial charge on any atom is 0.405 e. The summed E-state index contributed by atoms with van der Waals surface area (Å²) in [5.41, 5.74) is 4.68. The molecule has 0 spiro atoms. The molecule has 0 unspecified atom stereocenters. The van der Waals surface area contributed by atoms with Crippen molar-refractivity contribution in [3.63, 3.8) is 0 Å². The van der Waals surface area contributed by atoms with Crippen LogP contribution in [0.5, 0.6) is 0 Å². The highest BCUT2D eigenvalue weighted by molar-refractivity contribution is 5.81. The van der Waals surface area contributed by atoms with Crippen LogP contribution in [0.4, 0.5) is 13.6 Å². The van der Waals surface area contributed by atoms with Crippen molar-refractivity contribution >= 4 is 12.0 Å². The molecule has 2 aromatic carbocycles. The minimum Gasteiger partial charge on any atom is -0.465 e. The molecule has 0 radical (unpaired) electrons. The van der Waals surface area contributed by atoms with E-state index in [2.05, 4.69) is 50.0 Å². The Morgan fingerprint density at radius 1 is 1.02 bits per heavy atom. The Bertz CT molecular complexity index is 1250. The fraction of sp³-hybridized carbons (Fsp3) is 0.562. The van der Waals surface area contributed by atoms with E-state index in [0.717, 1.165) is 35.6 Å². The van der Waals surface area contributed by atoms with Crippen molar-refractivity contribution in [1.29, 1.82) is 0 Å². The van der Waals surface area contributed by atoms with Gasteiger partial charge in [0, 0.05) is 43.7 Å². The number of hydrogen-bond donors (Lipinski definition) is 2. The molecule has 6 nitrogen and oxygen atoms in total. The van der Waals surface area contributed by atoms with Gasteiger partial charge >= 0.3 is 6.09 Å². The van der Waals surface area contributed by atoms with Crippen LogP contribution < -0.4 is 5.32 Å². The van der Waals surface area contributed by atoms with Crippen molar-refractivity contribution in [1.82, 2.24) is 15.1 Å². The fourth-order valence-corrected chi connectivity index (χ4v) is 6.43. The molecule has 2 aromatic rings. The number of carbonyl (C=O) groups excluding carboxylic acids is 1. The molecule has 0 aliphatic carbocycles. The molecule has 2 aliphatic heterocycles. The Labute approximate surface area is 236 Å². The highest BCUT2D eigenvalue weighted by Crippen LogP contribution is 2.40. The minimum atomic E-state index is -1.04. The van der Waals surface area contributed by atoms with Crippen LogP contribution in [0.3, 0.4) is 0 Å². The highest BCUT2D eigenvalue weighted by atomic mass is 19.1. The van der Waals surface area contributed by atoms with E-state index in [1.165, 1.54) is 17.7 Å². The van der Waals surface area contributed by atoms with E-state index in [1.54, 1.807) is 0 Å². The molecule has 8 heteroatoms. The lowest BCUT2D eigenvalue weighted by Crippen LogP contribution is -2.44. The molecule has 4 rings (SSSR count). The van der Waals surface area contributed by atoms with Gasteiger partial charge in [0.05, 0.1) is 12.0 Å². The lowest BCUT2D eigenvalue weighted by molar-refractivity contribution is -0.136. The molecule has 0 aromatic heterocycles. The topological polar surface area (TPSA) is 72.9 Å². The number of carboxylic acid groups (broad SMARTS) is 1. The average molecular weight is 556 g/mol. The van der Waals surface area contributed by atoms with Gasteiger partial charge in [0.2, 0.25) is 5.91 Å². The number of hydrogen-bond acceptors (Lipinski definition) is 3. The van der Waals surface area contributed by atoms with Crippen molar-refractivity contribution in [2.24, 2.45) is 5.92 Å². The maximum absolute atomic E-state index is 14.9. The van der Waals surface area contributed by atoms with Crippen LogP contribution in [0, 0.1) is 31.4 Å². The quantitative estimate of drug-likeness (QED) is 0.426. The summed E-state index contributed by atoms with van der Waals surface area (Å²) in [5.74, 6) is -1.73. The Kier molecular flexibility index (Phi) is 8.88. The number of carbonyl (C=O) groups is 2. The first-order valence-corrected chi connectivity index (χ1v) is 14.4. The van der Waals surface area contributed by atoms with Gasteiger partial charge in [0.25, 0.3) is 0 Å². The summed E-state index contributed by atoms with van der Waals surface area (Å²) in [7, 11) is 0. The number of aryl methyl sites for hydroxylation is 2. The zero-order chi connectivity index (χ0) is 29.4.